The van der Waals surface area contributed by atoms with Gasteiger partial charge in [-0.15, -0.1) is 0 Å². The van der Waals surface area contributed by atoms with E-state index in [1.807, 2.05) is 51.2 Å². The molecule has 1 saturated heterocycles. The Kier molecular flexibility index (Phi) is 7.29. The molecule has 0 spiro atoms. The summed E-state index contributed by atoms with van der Waals surface area (Å²) in [5.41, 5.74) is 8.32. The van der Waals surface area contributed by atoms with Crippen LogP contribution in [0.1, 0.15) is 54.1 Å². The first-order valence-corrected chi connectivity index (χ1v) is 14.7. The summed E-state index contributed by atoms with van der Waals surface area (Å²) in [7, 11) is 0. The summed E-state index contributed by atoms with van der Waals surface area (Å²) in [6.45, 7) is 10.2. The Hall–Kier alpha value is -4.49. The van der Waals surface area contributed by atoms with E-state index in [-0.39, 0.29) is 23.9 Å². The predicted molar refractivity (Wildman–Crippen MR) is 175 cm³/mol. The Bertz CT molecular complexity index is 1800. The molecule has 0 bridgehead atoms. The third-order valence-corrected chi connectivity index (χ3v) is 8.48. The quantitative estimate of drug-likeness (QED) is 0.204. The Morgan fingerprint density at radius 1 is 0.952 bits per heavy atom. The molecule has 0 saturated carbocycles. The standard InChI is InChI=1S/C35H35N5OS/c1-21(2)34(41)37-29-17-16-26(19-22(29)3)40-33(32(38-35(40)42)30-14-8-9-18-36-30)28-20-23(4)39(24(28)5)31-15-10-12-25-11-6-7-13-27(25)31/h6-21,32-33H,1-5H3,(H,37,41)(H,38,42)/t32-,33+/m1/s1. The van der Waals surface area contributed by atoms with Gasteiger partial charge in [0, 0.05) is 40.3 Å². The van der Waals surface area contributed by atoms with Gasteiger partial charge in [0.25, 0.3) is 0 Å². The van der Waals surface area contributed by atoms with E-state index in [0.29, 0.717) is 5.11 Å². The van der Waals surface area contributed by atoms with Gasteiger partial charge in [-0.25, -0.2) is 0 Å². The molecule has 212 valence electrons. The number of amides is 1. The zero-order valence-corrected chi connectivity index (χ0v) is 25.4. The van der Waals surface area contributed by atoms with Gasteiger partial charge >= 0.3 is 0 Å². The number of aryl methyl sites for hydroxylation is 2. The van der Waals surface area contributed by atoms with E-state index in [1.165, 1.54) is 16.3 Å². The molecule has 2 aromatic heterocycles. The molecule has 2 atom stereocenters. The normalized spacial score (nSPS) is 16.7. The van der Waals surface area contributed by atoms with Crippen molar-refractivity contribution in [1.29, 1.82) is 0 Å². The number of nitrogens with one attached hydrogen (secondary N) is 2. The number of hydrogen-bond donors (Lipinski definition) is 2. The van der Waals surface area contributed by atoms with E-state index in [2.05, 4.69) is 94.6 Å². The Balaban J connectivity index is 1.49. The second-order valence-corrected chi connectivity index (χ2v) is 11.7. The second-order valence-electron chi connectivity index (χ2n) is 11.3. The van der Waals surface area contributed by atoms with Gasteiger partial charge < -0.3 is 20.1 Å². The second kappa shape index (κ2) is 11.1. The predicted octanol–water partition coefficient (Wildman–Crippen LogP) is 7.72. The minimum Gasteiger partial charge on any atom is -0.351 e. The van der Waals surface area contributed by atoms with Crippen molar-refractivity contribution < 1.29 is 4.79 Å². The first kappa shape index (κ1) is 27.7. The molecular weight excluding hydrogens is 538 g/mol. The monoisotopic (exact) mass is 573 g/mol. The fourth-order valence-corrected chi connectivity index (χ4v) is 6.37. The number of nitrogens with zero attached hydrogens (tertiary/aromatic N) is 3. The molecule has 0 radical (unpaired) electrons. The molecule has 6 nitrogen and oxygen atoms in total. The lowest BCUT2D eigenvalue weighted by molar-refractivity contribution is -0.118. The van der Waals surface area contributed by atoms with Crippen LogP contribution in [0.4, 0.5) is 11.4 Å². The van der Waals surface area contributed by atoms with Crippen LogP contribution in [0.25, 0.3) is 16.5 Å². The zero-order chi connectivity index (χ0) is 29.5. The third kappa shape index (κ3) is 4.84. The maximum absolute atomic E-state index is 12.4. The highest BCUT2D eigenvalue weighted by Gasteiger charge is 2.42. The molecule has 42 heavy (non-hydrogen) atoms. The van der Waals surface area contributed by atoms with Crippen LogP contribution < -0.4 is 15.5 Å². The summed E-state index contributed by atoms with van der Waals surface area (Å²) in [5, 5.41) is 9.70. The maximum Gasteiger partial charge on any atom is 0.226 e. The fraction of sp³-hybridized carbons (Fsp3) is 0.229. The fourth-order valence-electron chi connectivity index (χ4n) is 6.03. The highest BCUT2D eigenvalue weighted by Crippen LogP contribution is 2.44. The Morgan fingerprint density at radius 2 is 1.71 bits per heavy atom. The number of pyridine rings is 1. The number of rotatable bonds is 6. The summed E-state index contributed by atoms with van der Waals surface area (Å²) in [5.74, 6) is -0.0990. The summed E-state index contributed by atoms with van der Waals surface area (Å²) >= 11 is 6.01. The van der Waals surface area contributed by atoms with E-state index in [0.717, 1.165) is 39.7 Å². The van der Waals surface area contributed by atoms with Crippen molar-refractivity contribution in [2.24, 2.45) is 5.92 Å². The zero-order valence-electron chi connectivity index (χ0n) is 24.6. The number of carbonyl (C=O) groups is 1. The molecule has 3 heterocycles. The molecule has 6 rings (SSSR count). The van der Waals surface area contributed by atoms with Gasteiger partial charge in [-0.1, -0.05) is 56.3 Å². The molecular formula is C35H35N5OS. The smallest absolute Gasteiger partial charge is 0.226 e. The number of anilines is 2. The minimum absolute atomic E-state index is 0.00169. The number of benzene rings is 3. The Labute approximate surface area is 252 Å². The summed E-state index contributed by atoms with van der Waals surface area (Å²) in [4.78, 5) is 19.3. The van der Waals surface area contributed by atoms with Crippen LogP contribution in [0.3, 0.4) is 0 Å². The van der Waals surface area contributed by atoms with Crippen molar-refractivity contribution in [2.75, 3.05) is 10.2 Å². The number of hydrogen-bond acceptors (Lipinski definition) is 3. The molecule has 1 amide bonds. The average molecular weight is 574 g/mol. The van der Waals surface area contributed by atoms with Crippen molar-refractivity contribution in [3.63, 3.8) is 0 Å². The van der Waals surface area contributed by atoms with Crippen LogP contribution in [0, 0.1) is 26.7 Å². The van der Waals surface area contributed by atoms with E-state index >= 15 is 0 Å². The van der Waals surface area contributed by atoms with E-state index in [9.17, 15) is 4.79 Å². The molecule has 1 aliphatic heterocycles. The highest BCUT2D eigenvalue weighted by atomic mass is 32.1. The van der Waals surface area contributed by atoms with Crippen LogP contribution in [-0.2, 0) is 4.79 Å². The number of aromatic nitrogens is 2. The van der Waals surface area contributed by atoms with Gasteiger partial charge in [-0.05, 0) is 92.0 Å². The van der Waals surface area contributed by atoms with Crippen molar-refractivity contribution in [1.82, 2.24) is 14.9 Å². The van der Waals surface area contributed by atoms with Crippen molar-refractivity contribution in [3.05, 3.63) is 119 Å². The van der Waals surface area contributed by atoms with Crippen LogP contribution in [-0.4, -0.2) is 20.6 Å². The van der Waals surface area contributed by atoms with Crippen LogP contribution in [0.2, 0.25) is 0 Å². The van der Waals surface area contributed by atoms with Gasteiger partial charge in [-0.3, -0.25) is 9.78 Å². The minimum atomic E-state index is -0.152. The summed E-state index contributed by atoms with van der Waals surface area (Å²) in [6.07, 6.45) is 1.83. The highest BCUT2D eigenvalue weighted by molar-refractivity contribution is 7.80. The number of thiocarbonyl (C=S) groups is 1. The SMILES string of the molecule is Cc1cc(N2C(=S)N[C@H](c3ccccn3)[C@@H]2c2cc(C)n(-c3cccc4ccccc34)c2C)ccc1NC(=O)C(C)C. The van der Waals surface area contributed by atoms with Crippen molar-refractivity contribution in [2.45, 2.75) is 46.7 Å². The van der Waals surface area contributed by atoms with E-state index in [4.69, 9.17) is 17.2 Å². The molecule has 2 N–H and O–H groups in total. The molecule has 5 aromatic rings. The molecule has 0 unspecified atom stereocenters. The average Bonchev–Trinajstić information content (AvgIpc) is 3.48. The molecule has 3 aromatic carbocycles. The molecule has 1 fully saturated rings. The third-order valence-electron chi connectivity index (χ3n) is 8.16. The van der Waals surface area contributed by atoms with Gasteiger partial charge in [-0.2, -0.15) is 0 Å². The van der Waals surface area contributed by atoms with Crippen molar-refractivity contribution >= 4 is 45.4 Å². The van der Waals surface area contributed by atoms with E-state index in [1.54, 1.807) is 0 Å². The van der Waals surface area contributed by atoms with Crippen LogP contribution in [0.5, 0.6) is 0 Å². The molecule has 1 aliphatic rings. The first-order valence-electron chi connectivity index (χ1n) is 14.3. The summed E-state index contributed by atoms with van der Waals surface area (Å²) < 4.78 is 2.35. The number of carbonyl (C=O) groups excluding carboxylic acids is 1. The molecule has 7 heteroatoms. The lowest BCUT2D eigenvalue weighted by Crippen LogP contribution is -2.29. The van der Waals surface area contributed by atoms with Crippen LogP contribution >= 0.6 is 12.2 Å². The van der Waals surface area contributed by atoms with Crippen LogP contribution in [0.15, 0.2) is 91.1 Å². The molecule has 0 aliphatic carbocycles. The first-order chi connectivity index (χ1) is 20.2. The summed E-state index contributed by atoms with van der Waals surface area (Å²) in [6, 6.07) is 29.1. The maximum atomic E-state index is 12.4. The van der Waals surface area contributed by atoms with Gasteiger partial charge in [0.2, 0.25) is 5.91 Å². The topological polar surface area (TPSA) is 62.2 Å². The van der Waals surface area contributed by atoms with Gasteiger partial charge in [0.05, 0.1) is 23.5 Å². The lowest BCUT2D eigenvalue weighted by Gasteiger charge is -2.29. The van der Waals surface area contributed by atoms with Crippen molar-refractivity contribution in [3.8, 4) is 5.69 Å². The van der Waals surface area contributed by atoms with Gasteiger partial charge in [0.1, 0.15) is 0 Å². The van der Waals surface area contributed by atoms with Gasteiger partial charge in [0.15, 0.2) is 5.11 Å². The number of fused-ring (bicyclic) bond motifs is 1. The van der Waals surface area contributed by atoms with E-state index < -0.39 is 0 Å². The lowest BCUT2D eigenvalue weighted by atomic mass is 9.96. The largest absolute Gasteiger partial charge is 0.351 e. The Morgan fingerprint density at radius 3 is 2.45 bits per heavy atom.